The van der Waals surface area contributed by atoms with Crippen LogP contribution in [0.5, 0.6) is 11.5 Å². The second-order valence-corrected chi connectivity index (χ2v) is 35.1. The molecular formula is C68H97NO10Si2. The molecule has 1 aliphatic heterocycles. The number of aryl methyl sites for hydroxylation is 1. The van der Waals surface area contributed by atoms with Crippen molar-refractivity contribution >= 4 is 40.3 Å². The van der Waals surface area contributed by atoms with Gasteiger partial charge in [0.2, 0.25) is 6.10 Å². The summed E-state index contributed by atoms with van der Waals surface area (Å²) in [7, 11) is -0.467. The third-order valence-electron chi connectivity index (χ3n) is 17.9. The minimum atomic E-state index is -1.95. The van der Waals surface area contributed by atoms with Gasteiger partial charge in [-0.25, -0.2) is 4.79 Å². The van der Waals surface area contributed by atoms with Crippen molar-refractivity contribution in [3.05, 3.63) is 145 Å². The van der Waals surface area contributed by atoms with Crippen LogP contribution in [0.15, 0.2) is 85.0 Å². The van der Waals surface area contributed by atoms with Gasteiger partial charge in [-0.05, 0) is 175 Å². The van der Waals surface area contributed by atoms with Crippen molar-refractivity contribution in [3.8, 4) is 17.6 Å². The highest BCUT2D eigenvalue weighted by molar-refractivity contribution is 6.74. The summed E-state index contributed by atoms with van der Waals surface area (Å²) in [5, 5.41) is 22.4. The first-order chi connectivity index (χ1) is 37.6. The van der Waals surface area contributed by atoms with Crippen molar-refractivity contribution in [2.45, 2.75) is 208 Å². The fourth-order valence-electron chi connectivity index (χ4n) is 10.9. The number of hydrogen-bond acceptors (Lipinski definition) is 10. The van der Waals surface area contributed by atoms with Gasteiger partial charge >= 0.3 is 5.97 Å². The van der Waals surface area contributed by atoms with E-state index in [0.717, 1.165) is 65.0 Å². The number of aliphatic hydroxyl groups is 1. The second kappa shape index (κ2) is 28.0. The first-order valence-corrected chi connectivity index (χ1v) is 34.8. The van der Waals surface area contributed by atoms with Crippen LogP contribution in [-0.4, -0.2) is 71.8 Å². The molecule has 6 unspecified atom stereocenters. The minimum absolute atomic E-state index is 0. The van der Waals surface area contributed by atoms with Crippen molar-refractivity contribution in [1.29, 1.82) is 5.26 Å². The molecule has 1 saturated carbocycles. The lowest BCUT2D eigenvalue weighted by molar-refractivity contribution is -0.0720. The largest absolute Gasteiger partial charge is 0.497 e. The second-order valence-electron chi connectivity index (χ2n) is 25.6. The Morgan fingerprint density at radius 2 is 1.30 bits per heavy atom. The van der Waals surface area contributed by atoms with Gasteiger partial charge in [0.1, 0.15) is 17.6 Å². The number of fused-ring (bicyclic) bond motifs is 3. The average Bonchev–Trinajstić information content (AvgIpc) is 3.75. The van der Waals surface area contributed by atoms with Gasteiger partial charge < -0.3 is 43.1 Å². The number of nitriles is 1. The molecule has 8 rings (SSSR count). The topological polar surface area (TPSA) is 157 Å². The maximum atomic E-state index is 11.7. The standard InChI is InChI=1S/C34H48O3Si.C20H34O4Si.C14H13NO2.H2O/c1-11-12-28-22(2)17-26-18-31-30(19-29(26)23(28)3)24(4)32(37-38(9,10)34(5,6)7)20-33(31)36-21-25-13-15-27(35-8)16-14-25;1-20(2,3)25(5,6)24-19-13-17(11-12-18(19)21)23-14-15-7-9-16(22-4)10-8-15;1-4-5-10-8(2)6-11-12(7-15)17-14(16)13(11)9(10)3;/h11-19,22,24,28,32-33H,20-21H2,1-10H3;7-10,17-19,21H,11-14H2,1-6H3;4-6,12H,1-3H3;1H2/b12-11+;;5-4+;/t;17-,18+,19+;;/m.1../s1. The molecule has 3 N–H and O–H groups in total. The summed E-state index contributed by atoms with van der Waals surface area (Å²) in [5.74, 6) is 2.57. The zero-order valence-electron chi connectivity index (χ0n) is 52.3. The molecule has 81 heavy (non-hydrogen) atoms. The van der Waals surface area contributed by atoms with E-state index in [1.807, 2.05) is 81.5 Å². The highest BCUT2D eigenvalue weighted by Crippen LogP contribution is 2.46. The van der Waals surface area contributed by atoms with Crippen molar-refractivity contribution < 1.29 is 47.9 Å². The predicted octanol–water partition coefficient (Wildman–Crippen LogP) is 14.4. The van der Waals surface area contributed by atoms with Gasteiger partial charge in [-0.3, -0.25) is 0 Å². The first kappa shape index (κ1) is 66.7. The summed E-state index contributed by atoms with van der Waals surface area (Å²) in [4.78, 5) is 11.7. The maximum absolute atomic E-state index is 11.7. The highest BCUT2D eigenvalue weighted by atomic mass is 28.4. The van der Waals surface area contributed by atoms with E-state index in [-0.39, 0.29) is 46.1 Å². The fraction of sp³-hybridized carbons (Fsp3) is 0.529. The predicted molar refractivity (Wildman–Crippen MR) is 334 cm³/mol. The van der Waals surface area contributed by atoms with Gasteiger partial charge in [-0.15, -0.1) is 0 Å². The molecule has 13 heteroatoms. The monoisotopic (exact) mass is 1140 g/mol. The number of carbonyl (C=O) groups is 1. The Bertz CT molecular complexity index is 3000. The van der Waals surface area contributed by atoms with Gasteiger partial charge in [-0.1, -0.05) is 122 Å². The van der Waals surface area contributed by atoms with E-state index >= 15 is 0 Å². The van der Waals surface area contributed by atoms with Gasteiger partial charge in [0.25, 0.3) is 0 Å². The molecule has 0 bridgehead atoms. The lowest BCUT2D eigenvalue weighted by Crippen LogP contribution is -2.49. The minimum Gasteiger partial charge on any atom is -0.497 e. The van der Waals surface area contributed by atoms with Crippen molar-refractivity contribution in [2.75, 3.05) is 14.2 Å². The van der Waals surface area contributed by atoms with E-state index in [1.54, 1.807) is 14.2 Å². The Morgan fingerprint density at radius 1 is 0.741 bits per heavy atom. The Hall–Kier alpha value is -5.15. The van der Waals surface area contributed by atoms with Crippen LogP contribution in [0.3, 0.4) is 0 Å². The summed E-state index contributed by atoms with van der Waals surface area (Å²) in [6.07, 6.45) is 13.2. The van der Waals surface area contributed by atoms with Crippen molar-refractivity contribution in [1.82, 2.24) is 0 Å². The Labute approximate surface area is 488 Å². The molecule has 1 fully saturated rings. The molecule has 11 nitrogen and oxygen atoms in total. The van der Waals surface area contributed by atoms with E-state index in [9.17, 15) is 9.90 Å². The number of nitrogens with zero attached hydrogens (tertiary/aromatic N) is 1. The Morgan fingerprint density at radius 3 is 1.81 bits per heavy atom. The quantitative estimate of drug-likeness (QED) is 0.0732. The number of allylic oxidation sites excluding steroid dienone is 3. The van der Waals surface area contributed by atoms with Crippen LogP contribution in [0.25, 0.3) is 17.7 Å². The molecule has 3 aliphatic carbocycles. The van der Waals surface area contributed by atoms with Crippen molar-refractivity contribution in [2.24, 2.45) is 11.8 Å². The SMILES string of the molecule is C/C=C/C1C(C)=c2cc3c(cc2=CC1C)C(OCc1ccc(OC)cc1)CC(O[Si](C)(C)C(C)(C)C)C3C.C/C=C/c1c(C)cc2c(c1C)C(=O)OC2C#N.COc1ccc(CO[C@@H]2CC[C@H](O)[C@@H](O[Si](C)(C)C(C)(C)C)C2)cc1.O. The van der Waals surface area contributed by atoms with Crippen molar-refractivity contribution in [3.63, 3.8) is 0 Å². The van der Waals surface area contributed by atoms with E-state index in [0.29, 0.717) is 42.1 Å². The van der Waals surface area contributed by atoms with Gasteiger partial charge in [0.15, 0.2) is 16.6 Å². The van der Waals surface area contributed by atoms with Gasteiger partial charge in [0, 0.05) is 30.2 Å². The molecule has 0 saturated heterocycles. The number of esters is 1. The number of ether oxygens (including phenoxy) is 5. The van der Waals surface area contributed by atoms with Crippen LogP contribution in [0.4, 0.5) is 0 Å². The molecule has 4 aliphatic rings. The molecule has 4 aromatic rings. The molecule has 442 valence electrons. The first-order valence-electron chi connectivity index (χ1n) is 29.0. The van der Waals surface area contributed by atoms with E-state index in [4.69, 9.17) is 37.8 Å². The molecule has 0 radical (unpaired) electrons. The summed E-state index contributed by atoms with van der Waals surface area (Å²) in [5.41, 5.74) is 10.7. The number of benzene rings is 4. The number of carbonyl (C=O) groups excluding carboxylic acids is 1. The zero-order chi connectivity index (χ0) is 59.1. The van der Waals surface area contributed by atoms with Crippen LogP contribution < -0.4 is 19.9 Å². The molecule has 4 aromatic carbocycles. The van der Waals surface area contributed by atoms with E-state index in [2.05, 4.69) is 138 Å². The molecule has 0 aromatic heterocycles. The molecule has 0 amide bonds. The van der Waals surface area contributed by atoms with E-state index in [1.165, 1.54) is 27.1 Å². The normalized spacial score (nSPS) is 23.5. The van der Waals surface area contributed by atoms with Gasteiger partial charge in [0.05, 0.1) is 63.5 Å². The van der Waals surface area contributed by atoms with Crippen LogP contribution in [0, 0.1) is 37.0 Å². The number of rotatable bonds is 14. The average molecular weight is 1140 g/mol. The number of methoxy groups -OCH3 is 2. The molecular weight excluding hydrogens is 1050 g/mol. The summed E-state index contributed by atoms with van der Waals surface area (Å²) >= 11 is 0. The third kappa shape index (κ3) is 15.9. The maximum Gasteiger partial charge on any atom is 0.340 e. The summed E-state index contributed by atoms with van der Waals surface area (Å²) < 4.78 is 41.9. The Balaban J connectivity index is 0.000000241. The fourth-order valence-corrected chi connectivity index (χ4v) is 13.7. The summed E-state index contributed by atoms with van der Waals surface area (Å²) in [6.45, 7) is 38.9. The lowest BCUT2D eigenvalue weighted by atomic mass is 9.76. The van der Waals surface area contributed by atoms with Crippen LogP contribution in [-0.2, 0) is 36.3 Å². The molecule has 0 spiro atoms. The molecule has 1 heterocycles. The molecule has 9 atom stereocenters. The third-order valence-corrected chi connectivity index (χ3v) is 26.9. The Kier molecular flexibility index (Phi) is 23.0. The lowest BCUT2D eigenvalue weighted by Gasteiger charge is -2.44. The number of hydrogen-bond donors (Lipinski definition) is 1. The van der Waals surface area contributed by atoms with E-state index < -0.39 is 28.7 Å². The summed E-state index contributed by atoms with van der Waals surface area (Å²) in [6, 6.07) is 24.9. The van der Waals surface area contributed by atoms with Gasteiger partial charge in [-0.2, -0.15) is 5.26 Å². The number of cyclic esters (lactones) is 1. The number of aliphatic hydroxyl groups excluding tert-OH is 1. The van der Waals surface area contributed by atoms with Crippen LogP contribution in [0.2, 0.25) is 36.3 Å². The van der Waals surface area contributed by atoms with Crippen LogP contribution >= 0.6 is 0 Å². The smallest absolute Gasteiger partial charge is 0.340 e. The highest BCUT2D eigenvalue weighted by Gasteiger charge is 2.45. The van der Waals surface area contributed by atoms with Crippen LogP contribution in [0.1, 0.15) is 175 Å². The zero-order valence-corrected chi connectivity index (χ0v) is 54.3.